The molecule has 0 amide bonds. The maximum absolute atomic E-state index is 4.44. The Morgan fingerprint density at radius 1 is 1.10 bits per heavy atom. The van der Waals surface area contributed by atoms with Gasteiger partial charge in [0.05, 0.1) is 0 Å². The number of hydrogen-bond donors (Lipinski definition) is 1. The number of rotatable bonds is 5. The Morgan fingerprint density at radius 3 is 2.67 bits per heavy atom. The van der Waals surface area contributed by atoms with Crippen LogP contribution in [0.2, 0.25) is 0 Å². The molecule has 0 unspecified atom stereocenters. The Morgan fingerprint density at radius 2 is 1.95 bits per heavy atom. The molecule has 21 heavy (non-hydrogen) atoms. The lowest BCUT2D eigenvalue weighted by Gasteiger charge is -2.06. The van der Waals surface area contributed by atoms with Gasteiger partial charge in [0, 0.05) is 25.2 Å². The van der Waals surface area contributed by atoms with E-state index in [9.17, 15) is 0 Å². The smallest absolute Gasteiger partial charge is 0.256 e. The summed E-state index contributed by atoms with van der Waals surface area (Å²) in [6.07, 6.45) is 3.50. The molecule has 2 heterocycles. The molecule has 0 fully saturated rings. The second-order valence-electron chi connectivity index (χ2n) is 4.22. The fourth-order valence-electron chi connectivity index (χ4n) is 1.73. The normalized spacial score (nSPS) is 10.5. The Hall–Kier alpha value is -2.41. The van der Waals surface area contributed by atoms with E-state index in [1.54, 1.807) is 35.9 Å². The summed E-state index contributed by atoms with van der Waals surface area (Å²) in [5.74, 6) is 1.85. The van der Waals surface area contributed by atoms with Crippen molar-refractivity contribution in [2.45, 2.75) is 10.9 Å². The van der Waals surface area contributed by atoms with Crippen molar-refractivity contribution in [1.82, 2.24) is 24.7 Å². The molecule has 0 aliphatic rings. The number of thioether (sulfide) groups is 1. The lowest BCUT2D eigenvalue weighted by Crippen LogP contribution is -2.07. The van der Waals surface area contributed by atoms with Crippen molar-refractivity contribution in [1.29, 1.82) is 0 Å². The highest BCUT2D eigenvalue weighted by molar-refractivity contribution is 7.98. The first-order valence-corrected chi connectivity index (χ1v) is 7.44. The number of nitrogens with zero attached hydrogens (tertiary/aromatic N) is 5. The highest BCUT2D eigenvalue weighted by Gasteiger charge is 2.08. The van der Waals surface area contributed by atoms with Crippen LogP contribution < -0.4 is 5.32 Å². The molecule has 6 nitrogen and oxygen atoms in total. The van der Waals surface area contributed by atoms with Crippen LogP contribution in [0.4, 0.5) is 5.95 Å². The summed E-state index contributed by atoms with van der Waals surface area (Å²) in [6.45, 7) is 0. The van der Waals surface area contributed by atoms with Crippen LogP contribution in [0.5, 0.6) is 0 Å². The van der Waals surface area contributed by atoms with Gasteiger partial charge in [-0.3, -0.25) is 0 Å². The van der Waals surface area contributed by atoms with Crippen LogP contribution in [0.25, 0.3) is 5.95 Å². The predicted octanol–water partition coefficient (Wildman–Crippen LogP) is 2.39. The van der Waals surface area contributed by atoms with Gasteiger partial charge in [0.15, 0.2) is 5.16 Å². The molecular formula is C14H14N6S. The average Bonchev–Trinajstić information content (AvgIpc) is 3.08. The average molecular weight is 298 g/mol. The van der Waals surface area contributed by atoms with E-state index in [1.165, 1.54) is 5.56 Å². The van der Waals surface area contributed by atoms with E-state index >= 15 is 0 Å². The van der Waals surface area contributed by atoms with Gasteiger partial charge in [0.25, 0.3) is 5.95 Å². The second-order valence-corrected chi connectivity index (χ2v) is 5.16. The second kappa shape index (κ2) is 6.36. The molecule has 3 aromatic rings. The van der Waals surface area contributed by atoms with Crippen LogP contribution in [0.1, 0.15) is 5.56 Å². The number of nitrogens with one attached hydrogen (secondary N) is 1. The zero-order chi connectivity index (χ0) is 14.5. The molecule has 0 atom stereocenters. The van der Waals surface area contributed by atoms with Gasteiger partial charge in [0.2, 0.25) is 5.95 Å². The molecule has 7 heteroatoms. The van der Waals surface area contributed by atoms with E-state index in [2.05, 4.69) is 37.5 Å². The first kappa shape index (κ1) is 13.6. The largest absolute Gasteiger partial charge is 0.357 e. The van der Waals surface area contributed by atoms with E-state index < -0.39 is 0 Å². The van der Waals surface area contributed by atoms with Crippen molar-refractivity contribution < 1.29 is 0 Å². The molecule has 0 saturated carbocycles. The van der Waals surface area contributed by atoms with Crippen LogP contribution >= 0.6 is 11.8 Å². The quantitative estimate of drug-likeness (QED) is 0.729. The minimum atomic E-state index is 0.509. The summed E-state index contributed by atoms with van der Waals surface area (Å²) in [6, 6.07) is 12.1. The minimum Gasteiger partial charge on any atom is -0.357 e. The van der Waals surface area contributed by atoms with Crippen molar-refractivity contribution in [2.75, 3.05) is 12.4 Å². The first-order valence-electron chi connectivity index (χ1n) is 6.46. The summed E-state index contributed by atoms with van der Waals surface area (Å²) < 4.78 is 1.62. The maximum atomic E-state index is 4.44. The van der Waals surface area contributed by atoms with Crippen LogP contribution in [-0.2, 0) is 5.75 Å². The van der Waals surface area contributed by atoms with Gasteiger partial charge >= 0.3 is 0 Å². The zero-order valence-corrected chi connectivity index (χ0v) is 12.3. The van der Waals surface area contributed by atoms with Crippen LogP contribution in [0.3, 0.4) is 0 Å². The van der Waals surface area contributed by atoms with E-state index in [4.69, 9.17) is 0 Å². The summed E-state index contributed by atoms with van der Waals surface area (Å²) in [5.41, 5.74) is 1.23. The van der Waals surface area contributed by atoms with Crippen molar-refractivity contribution >= 4 is 17.7 Å². The van der Waals surface area contributed by atoms with Crippen molar-refractivity contribution in [3.05, 3.63) is 54.4 Å². The SMILES string of the molecule is CNc1nc(SCc2ccccc2)nc(-n2cccn2)n1. The molecule has 2 aromatic heterocycles. The zero-order valence-electron chi connectivity index (χ0n) is 11.5. The van der Waals surface area contributed by atoms with Gasteiger partial charge in [-0.15, -0.1) is 0 Å². The topological polar surface area (TPSA) is 68.5 Å². The number of aromatic nitrogens is 5. The van der Waals surface area contributed by atoms with Crippen LogP contribution in [0.15, 0.2) is 53.9 Å². The van der Waals surface area contributed by atoms with Gasteiger partial charge in [-0.05, 0) is 11.6 Å². The molecule has 1 N–H and O–H groups in total. The molecule has 0 saturated heterocycles. The van der Waals surface area contributed by atoms with Crippen LogP contribution in [-0.4, -0.2) is 31.8 Å². The number of benzene rings is 1. The van der Waals surface area contributed by atoms with Crippen molar-refractivity contribution in [3.8, 4) is 5.95 Å². The lowest BCUT2D eigenvalue weighted by atomic mass is 10.2. The van der Waals surface area contributed by atoms with Gasteiger partial charge in [-0.2, -0.15) is 20.1 Å². The summed E-state index contributed by atoms with van der Waals surface area (Å²) in [4.78, 5) is 13.1. The van der Waals surface area contributed by atoms with E-state index in [0.29, 0.717) is 17.1 Å². The van der Waals surface area contributed by atoms with E-state index in [0.717, 1.165) is 5.75 Å². The fourth-order valence-corrected chi connectivity index (χ4v) is 2.52. The maximum Gasteiger partial charge on any atom is 0.256 e. The fraction of sp³-hybridized carbons (Fsp3) is 0.143. The number of hydrogen-bond acceptors (Lipinski definition) is 6. The van der Waals surface area contributed by atoms with Crippen molar-refractivity contribution in [2.24, 2.45) is 0 Å². The minimum absolute atomic E-state index is 0.509. The number of anilines is 1. The van der Waals surface area contributed by atoms with Crippen LogP contribution in [0, 0.1) is 0 Å². The molecule has 0 aliphatic heterocycles. The first-order chi connectivity index (χ1) is 10.3. The molecule has 0 bridgehead atoms. The van der Waals surface area contributed by atoms with Gasteiger partial charge in [-0.25, -0.2) is 4.68 Å². The Labute approximate surface area is 126 Å². The Bertz CT molecular complexity index is 699. The third kappa shape index (κ3) is 3.38. The molecule has 3 rings (SSSR count). The third-order valence-electron chi connectivity index (χ3n) is 2.75. The third-order valence-corrected chi connectivity index (χ3v) is 3.67. The summed E-state index contributed by atoms with van der Waals surface area (Å²) >= 11 is 1.57. The molecule has 106 valence electrons. The highest BCUT2D eigenvalue weighted by Crippen LogP contribution is 2.20. The summed E-state index contributed by atoms with van der Waals surface area (Å²) in [5, 5.41) is 7.77. The highest BCUT2D eigenvalue weighted by atomic mass is 32.2. The standard InChI is InChI=1S/C14H14N6S/c1-15-12-17-13(20-9-5-8-16-20)19-14(18-12)21-10-11-6-3-2-4-7-11/h2-9H,10H2,1H3,(H,15,17,18,19). The van der Waals surface area contributed by atoms with Crippen molar-refractivity contribution in [3.63, 3.8) is 0 Å². The van der Waals surface area contributed by atoms with E-state index in [-0.39, 0.29) is 0 Å². The lowest BCUT2D eigenvalue weighted by molar-refractivity contribution is 0.762. The monoisotopic (exact) mass is 298 g/mol. The molecule has 0 spiro atoms. The van der Waals surface area contributed by atoms with E-state index in [1.807, 2.05) is 24.3 Å². The van der Waals surface area contributed by atoms with Gasteiger partial charge in [0.1, 0.15) is 0 Å². The Balaban J connectivity index is 1.83. The van der Waals surface area contributed by atoms with Gasteiger partial charge in [-0.1, -0.05) is 42.1 Å². The van der Waals surface area contributed by atoms with Gasteiger partial charge < -0.3 is 5.32 Å². The molecular weight excluding hydrogens is 284 g/mol. The molecule has 0 radical (unpaired) electrons. The predicted molar refractivity (Wildman–Crippen MR) is 82.5 cm³/mol. The summed E-state index contributed by atoms with van der Waals surface area (Å²) in [7, 11) is 1.79. The molecule has 0 aliphatic carbocycles. The molecule has 1 aromatic carbocycles. The Kier molecular flexibility index (Phi) is 4.11.